The molecule has 50 heavy (non-hydrogen) atoms. The summed E-state index contributed by atoms with van der Waals surface area (Å²) in [6.45, 7) is 27.2. The zero-order chi connectivity index (χ0) is 36.2. The first kappa shape index (κ1) is 35.9. The minimum absolute atomic E-state index is 1.32. The van der Waals surface area contributed by atoms with Gasteiger partial charge < -0.3 is 0 Å². The summed E-state index contributed by atoms with van der Waals surface area (Å²) in [5.41, 5.74) is 27.2. The number of hydrogen-bond donors (Lipinski definition) is 0. The van der Waals surface area contributed by atoms with E-state index in [4.69, 9.17) is 0 Å². The maximum absolute atomic E-state index is 2.64. The third kappa shape index (κ3) is 6.76. The Morgan fingerprint density at radius 2 is 0.540 bits per heavy atom. The standard InChI is InChI=1S/2C24H25.CH3.Sn/c2*1-15-11-17(3)23(18(4)12-15)21-7-9-22(10-8-21)24-19(5)13-16(2)14-20(24)6;;/h2*7-9,11-14H,1-6H3;1H3;. The molecule has 0 aliphatic rings. The molecule has 0 bridgehead atoms. The first-order chi connectivity index (χ1) is 23.6. The van der Waals surface area contributed by atoms with Gasteiger partial charge in [0, 0.05) is 0 Å². The summed E-state index contributed by atoms with van der Waals surface area (Å²) in [6.07, 6.45) is 0. The van der Waals surface area contributed by atoms with Gasteiger partial charge >= 0.3 is 311 Å². The van der Waals surface area contributed by atoms with Gasteiger partial charge in [-0.1, -0.05) is 0 Å². The van der Waals surface area contributed by atoms with Gasteiger partial charge in [-0.05, 0) is 0 Å². The average Bonchev–Trinajstić information content (AvgIpc) is 3.00. The molecule has 0 aliphatic heterocycles. The molecule has 0 atom stereocenters. The summed E-state index contributed by atoms with van der Waals surface area (Å²) >= 11 is -2.64. The summed E-state index contributed by atoms with van der Waals surface area (Å²) in [5.74, 6) is 0. The van der Waals surface area contributed by atoms with Crippen molar-refractivity contribution < 1.29 is 0 Å². The third-order valence-electron chi connectivity index (χ3n) is 10.7. The molecule has 6 aromatic rings. The predicted octanol–water partition coefficient (Wildman–Crippen LogP) is 12.3. The van der Waals surface area contributed by atoms with Crippen molar-refractivity contribution in [1.82, 2.24) is 0 Å². The normalized spacial score (nSPS) is 11.5. The molecule has 0 fully saturated rings. The van der Waals surface area contributed by atoms with E-state index in [1.165, 1.54) is 111 Å². The van der Waals surface area contributed by atoms with Crippen molar-refractivity contribution in [3.05, 3.63) is 152 Å². The Hall–Kier alpha value is -3.88. The maximum atomic E-state index is 2.63. The van der Waals surface area contributed by atoms with Crippen LogP contribution in [0.2, 0.25) is 4.94 Å². The topological polar surface area (TPSA) is 0 Å². The molecule has 0 aromatic heterocycles. The minimum atomic E-state index is -2.64. The van der Waals surface area contributed by atoms with E-state index in [0.717, 1.165) is 0 Å². The van der Waals surface area contributed by atoms with Crippen LogP contribution in [0.25, 0.3) is 44.5 Å². The third-order valence-corrected chi connectivity index (χ3v) is 17.6. The van der Waals surface area contributed by atoms with Crippen LogP contribution < -0.4 is 7.16 Å². The molecule has 0 N–H and O–H groups in total. The van der Waals surface area contributed by atoms with E-state index < -0.39 is 19.8 Å². The number of hydrogen-bond acceptors (Lipinski definition) is 0. The van der Waals surface area contributed by atoms with Gasteiger partial charge in [0.05, 0.1) is 0 Å². The van der Waals surface area contributed by atoms with Gasteiger partial charge in [0.2, 0.25) is 0 Å². The fourth-order valence-electron chi connectivity index (χ4n) is 9.08. The van der Waals surface area contributed by atoms with E-state index in [-0.39, 0.29) is 0 Å². The van der Waals surface area contributed by atoms with Crippen molar-refractivity contribution in [3.63, 3.8) is 0 Å². The van der Waals surface area contributed by atoms with E-state index in [2.05, 4.69) is 173 Å². The molecule has 0 saturated carbocycles. The Kier molecular flexibility index (Phi) is 10.1. The zero-order valence-corrected chi connectivity index (χ0v) is 35.4. The molecule has 0 amide bonds. The van der Waals surface area contributed by atoms with Gasteiger partial charge in [0.25, 0.3) is 0 Å². The van der Waals surface area contributed by atoms with Crippen LogP contribution in [0.15, 0.2) is 84.9 Å². The van der Waals surface area contributed by atoms with Gasteiger partial charge in [0.15, 0.2) is 0 Å². The summed E-state index contributed by atoms with van der Waals surface area (Å²) in [7, 11) is 0. The summed E-state index contributed by atoms with van der Waals surface area (Å²) in [6, 6.07) is 33.7. The SMILES string of the molecule is Cc1cc(C)c(-c2ccc(-c3c(C)cc(C)cc3C)[c]([Sn]([CH3])[c]3cc(-c4c(C)cc(C)cc4C)ccc3-c3c(C)cc(C)cc3C)c2)c(C)c1. The van der Waals surface area contributed by atoms with Gasteiger partial charge in [-0.3, -0.25) is 0 Å². The van der Waals surface area contributed by atoms with Crippen molar-refractivity contribution in [3.8, 4) is 44.5 Å². The van der Waals surface area contributed by atoms with Gasteiger partial charge in [-0.15, -0.1) is 0 Å². The van der Waals surface area contributed by atoms with Crippen molar-refractivity contribution in [2.75, 3.05) is 0 Å². The molecule has 253 valence electrons. The van der Waals surface area contributed by atoms with Crippen LogP contribution >= 0.6 is 0 Å². The molecule has 0 nitrogen and oxygen atoms in total. The van der Waals surface area contributed by atoms with E-state index in [9.17, 15) is 0 Å². The molecule has 1 heteroatoms. The molecule has 6 aromatic carbocycles. The van der Waals surface area contributed by atoms with Crippen molar-refractivity contribution in [1.29, 1.82) is 0 Å². The van der Waals surface area contributed by atoms with E-state index >= 15 is 0 Å². The fourth-order valence-corrected chi connectivity index (χ4v) is 15.5. The monoisotopic (exact) mass is 761 g/mol. The van der Waals surface area contributed by atoms with Crippen LogP contribution in [0, 0.1) is 83.1 Å². The second-order valence-corrected chi connectivity index (χ2v) is 21.9. The Balaban J connectivity index is 1.69. The summed E-state index contributed by atoms with van der Waals surface area (Å²) in [4.78, 5) is 2.63. The first-order valence-electron chi connectivity index (χ1n) is 18.1. The van der Waals surface area contributed by atoms with Crippen LogP contribution in [-0.2, 0) is 0 Å². The number of aryl methyl sites for hydroxylation is 12. The predicted molar refractivity (Wildman–Crippen MR) is 222 cm³/mol. The number of benzene rings is 6. The Morgan fingerprint density at radius 1 is 0.300 bits per heavy atom. The second-order valence-electron chi connectivity index (χ2n) is 15.2. The van der Waals surface area contributed by atoms with Crippen molar-refractivity contribution >= 4 is 26.9 Å². The molecule has 0 saturated heterocycles. The average molecular weight is 761 g/mol. The first-order valence-corrected chi connectivity index (χ1v) is 23.8. The Bertz CT molecular complexity index is 2040. The summed E-state index contributed by atoms with van der Waals surface area (Å²) < 4.78 is 3.13. The van der Waals surface area contributed by atoms with Crippen LogP contribution in [0.3, 0.4) is 0 Å². The van der Waals surface area contributed by atoms with Crippen molar-refractivity contribution in [2.24, 2.45) is 0 Å². The van der Waals surface area contributed by atoms with E-state index in [1.807, 2.05) is 0 Å². The molecule has 6 rings (SSSR count). The molecule has 0 unspecified atom stereocenters. The van der Waals surface area contributed by atoms with E-state index in [0.29, 0.717) is 0 Å². The molecule has 0 heterocycles. The molecular formula is C49H53Sn. The van der Waals surface area contributed by atoms with Crippen LogP contribution in [0.5, 0.6) is 0 Å². The van der Waals surface area contributed by atoms with Gasteiger partial charge in [-0.2, -0.15) is 0 Å². The summed E-state index contributed by atoms with van der Waals surface area (Å²) in [5, 5.41) is 0. The molecule has 1 radical (unpaired) electrons. The van der Waals surface area contributed by atoms with E-state index in [1.54, 1.807) is 7.16 Å². The molecule has 0 aliphatic carbocycles. The van der Waals surface area contributed by atoms with Crippen LogP contribution in [0.1, 0.15) is 66.8 Å². The Labute approximate surface area is 309 Å². The fraction of sp³-hybridized carbons (Fsp3) is 0.265. The van der Waals surface area contributed by atoms with Gasteiger partial charge in [0.1, 0.15) is 0 Å². The molecular weight excluding hydrogens is 707 g/mol. The van der Waals surface area contributed by atoms with Crippen LogP contribution in [0.4, 0.5) is 0 Å². The van der Waals surface area contributed by atoms with Gasteiger partial charge in [-0.25, -0.2) is 0 Å². The Morgan fingerprint density at radius 3 is 0.800 bits per heavy atom. The second kappa shape index (κ2) is 14.0. The van der Waals surface area contributed by atoms with Crippen molar-refractivity contribution in [2.45, 2.75) is 88.0 Å². The zero-order valence-electron chi connectivity index (χ0n) is 32.6. The number of rotatable bonds is 6. The quantitative estimate of drug-likeness (QED) is 0.148. The van der Waals surface area contributed by atoms with Crippen LogP contribution in [-0.4, -0.2) is 19.8 Å². The molecule has 0 spiro atoms.